The molecule has 20 heavy (non-hydrogen) atoms. The Morgan fingerprint density at radius 3 is 3.25 bits per heavy atom. The highest BCUT2D eigenvalue weighted by Crippen LogP contribution is 2.28. The first-order valence-electron chi connectivity index (χ1n) is 7.59. The van der Waals surface area contributed by atoms with Gasteiger partial charge in [-0.25, -0.2) is 0 Å². The van der Waals surface area contributed by atoms with Crippen molar-refractivity contribution in [3.05, 3.63) is 20.8 Å². The number of likely N-dealkylation sites (N-methyl/N-ethyl adjacent to an activating group) is 1. The van der Waals surface area contributed by atoms with Gasteiger partial charge in [-0.15, -0.1) is 11.3 Å². The van der Waals surface area contributed by atoms with Crippen molar-refractivity contribution in [1.82, 2.24) is 10.2 Å². The van der Waals surface area contributed by atoms with E-state index < -0.39 is 0 Å². The smallest absolute Gasteiger partial charge is 0.0859 e. The van der Waals surface area contributed by atoms with E-state index in [1.165, 1.54) is 28.7 Å². The van der Waals surface area contributed by atoms with E-state index in [0.717, 1.165) is 26.1 Å². The Morgan fingerprint density at radius 1 is 1.60 bits per heavy atom. The van der Waals surface area contributed by atoms with Crippen molar-refractivity contribution in [3.8, 4) is 0 Å². The van der Waals surface area contributed by atoms with Crippen molar-refractivity contribution in [2.75, 3.05) is 26.2 Å². The molecule has 3 heterocycles. The summed E-state index contributed by atoms with van der Waals surface area (Å²) in [6.45, 7) is 6.43. The molecule has 5 heteroatoms. The lowest BCUT2D eigenvalue weighted by Gasteiger charge is -2.39. The summed E-state index contributed by atoms with van der Waals surface area (Å²) in [5.74, 6) is 0. The van der Waals surface area contributed by atoms with Gasteiger partial charge in [0.25, 0.3) is 0 Å². The van der Waals surface area contributed by atoms with Crippen LogP contribution in [0.1, 0.15) is 24.6 Å². The third-order valence-electron chi connectivity index (χ3n) is 4.43. The highest BCUT2D eigenvalue weighted by Gasteiger charge is 2.35. The molecule has 0 spiro atoms. The lowest BCUT2D eigenvalue weighted by Crippen LogP contribution is -2.54. The van der Waals surface area contributed by atoms with Crippen LogP contribution in [0.15, 0.2) is 15.9 Å². The van der Waals surface area contributed by atoms with Gasteiger partial charge < -0.3 is 10.1 Å². The Balaban J connectivity index is 1.65. The topological polar surface area (TPSA) is 24.5 Å². The number of ether oxygens (including phenoxy) is 1. The summed E-state index contributed by atoms with van der Waals surface area (Å²) in [5, 5.41) is 5.79. The molecule has 0 amide bonds. The van der Waals surface area contributed by atoms with E-state index >= 15 is 0 Å². The molecule has 3 atom stereocenters. The van der Waals surface area contributed by atoms with Crippen molar-refractivity contribution in [1.29, 1.82) is 0 Å². The van der Waals surface area contributed by atoms with Crippen LogP contribution in [-0.2, 0) is 11.2 Å². The fraction of sp³-hybridized carbons (Fsp3) is 0.733. The molecule has 0 saturated carbocycles. The number of morpholine rings is 1. The van der Waals surface area contributed by atoms with Gasteiger partial charge in [-0.3, -0.25) is 4.90 Å². The first kappa shape index (κ1) is 15.0. The standard InChI is InChI=1S/C15H23BrN2OS/c1-2-17-13(8-15-12(16)5-7-20-15)14-9-18-6-3-4-11(18)10-19-14/h5,7,11,13-14,17H,2-4,6,8-10H2,1H3. The van der Waals surface area contributed by atoms with Gasteiger partial charge >= 0.3 is 0 Å². The first-order valence-corrected chi connectivity index (χ1v) is 9.26. The van der Waals surface area contributed by atoms with Crippen molar-refractivity contribution < 1.29 is 4.74 Å². The maximum Gasteiger partial charge on any atom is 0.0859 e. The monoisotopic (exact) mass is 358 g/mol. The van der Waals surface area contributed by atoms with Crippen LogP contribution in [0.5, 0.6) is 0 Å². The number of halogens is 1. The molecule has 3 nitrogen and oxygen atoms in total. The van der Waals surface area contributed by atoms with E-state index in [4.69, 9.17) is 4.74 Å². The van der Waals surface area contributed by atoms with Crippen molar-refractivity contribution in [2.24, 2.45) is 0 Å². The lowest BCUT2D eigenvalue weighted by atomic mass is 10.0. The second-order valence-corrected chi connectivity index (χ2v) is 7.58. The Labute approximate surface area is 133 Å². The Hall–Kier alpha value is 0.0600. The molecule has 0 radical (unpaired) electrons. The highest BCUT2D eigenvalue weighted by molar-refractivity contribution is 9.10. The van der Waals surface area contributed by atoms with E-state index in [1.807, 2.05) is 11.3 Å². The molecule has 3 unspecified atom stereocenters. The minimum Gasteiger partial charge on any atom is -0.374 e. The molecule has 1 aromatic heterocycles. The van der Waals surface area contributed by atoms with Crippen molar-refractivity contribution in [3.63, 3.8) is 0 Å². The second kappa shape index (κ2) is 6.88. The molecule has 3 rings (SSSR count). The van der Waals surface area contributed by atoms with Gasteiger partial charge in [-0.1, -0.05) is 6.92 Å². The van der Waals surface area contributed by atoms with Gasteiger partial charge in [0, 0.05) is 34.4 Å². The molecular formula is C15H23BrN2OS. The number of rotatable bonds is 5. The maximum absolute atomic E-state index is 6.18. The molecule has 112 valence electrons. The van der Waals surface area contributed by atoms with Crippen molar-refractivity contribution >= 4 is 27.3 Å². The molecule has 2 aliphatic heterocycles. The van der Waals surface area contributed by atoms with Gasteiger partial charge in [0.2, 0.25) is 0 Å². The molecule has 2 saturated heterocycles. The zero-order valence-electron chi connectivity index (χ0n) is 12.0. The van der Waals surface area contributed by atoms with Crippen LogP contribution < -0.4 is 5.32 Å². The quantitative estimate of drug-likeness (QED) is 0.875. The van der Waals surface area contributed by atoms with Crippen LogP contribution in [0.2, 0.25) is 0 Å². The predicted molar refractivity (Wildman–Crippen MR) is 87.5 cm³/mol. The number of thiophene rings is 1. The van der Waals surface area contributed by atoms with Crippen LogP contribution in [0.25, 0.3) is 0 Å². The summed E-state index contributed by atoms with van der Waals surface area (Å²) >= 11 is 5.48. The lowest BCUT2D eigenvalue weighted by molar-refractivity contribution is -0.0641. The third-order valence-corrected chi connectivity index (χ3v) is 6.38. The summed E-state index contributed by atoms with van der Waals surface area (Å²) in [5.41, 5.74) is 0. The highest BCUT2D eigenvalue weighted by atomic mass is 79.9. The molecule has 0 aromatic carbocycles. The maximum atomic E-state index is 6.18. The Morgan fingerprint density at radius 2 is 2.50 bits per heavy atom. The molecule has 1 N–H and O–H groups in total. The van der Waals surface area contributed by atoms with E-state index in [-0.39, 0.29) is 0 Å². The fourth-order valence-electron chi connectivity index (χ4n) is 3.35. The summed E-state index contributed by atoms with van der Waals surface area (Å²) in [7, 11) is 0. The normalized spacial score (nSPS) is 28.5. The minimum absolute atomic E-state index is 0.318. The van der Waals surface area contributed by atoms with Crippen LogP contribution in [0.4, 0.5) is 0 Å². The van der Waals surface area contributed by atoms with Gasteiger partial charge in [-0.2, -0.15) is 0 Å². The van der Waals surface area contributed by atoms with Crippen LogP contribution in [0, 0.1) is 0 Å². The Bertz CT molecular complexity index is 439. The number of nitrogens with one attached hydrogen (secondary N) is 1. The average Bonchev–Trinajstić information content (AvgIpc) is 3.06. The summed E-state index contributed by atoms with van der Waals surface area (Å²) in [6, 6.07) is 3.24. The van der Waals surface area contributed by atoms with E-state index in [9.17, 15) is 0 Å². The minimum atomic E-state index is 0.318. The average molecular weight is 359 g/mol. The second-order valence-electron chi connectivity index (χ2n) is 5.72. The number of hydrogen-bond acceptors (Lipinski definition) is 4. The SMILES string of the molecule is CCNC(Cc1sccc1Br)C1CN2CCCC2CO1. The van der Waals surface area contributed by atoms with E-state index in [1.54, 1.807) is 0 Å². The first-order chi connectivity index (χ1) is 9.78. The fourth-order valence-corrected chi connectivity index (χ4v) is 4.93. The Kier molecular flexibility index (Phi) is 5.15. The number of fused-ring (bicyclic) bond motifs is 1. The number of hydrogen-bond donors (Lipinski definition) is 1. The molecule has 0 bridgehead atoms. The zero-order chi connectivity index (χ0) is 13.9. The molecule has 1 aromatic rings. The van der Waals surface area contributed by atoms with Gasteiger partial charge in [0.05, 0.1) is 12.7 Å². The molecule has 2 fully saturated rings. The molecular weight excluding hydrogens is 336 g/mol. The van der Waals surface area contributed by atoms with Gasteiger partial charge in [0.1, 0.15) is 0 Å². The van der Waals surface area contributed by atoms with Crippen LogP contribution >= 0.6 is 27.3 Å². The number of nitrogens with zero attached hydrogens (tertiary/aromatic N) is 1. The largest absolute Gasteiger partial charge is 0.374 e. The van der Waals surface area contributed by atoms with Gasteiger partial charge in [-0.05, 0) is 53.3 Å². The predicted octanol–water partition coefficient (Wildman–Crippen LogP) is 2.89. The summed E-state index contributed by atoms with van der Waals surface area (Å²) in [4.78, 5) is 4.05. The molecule has 0 aliphatic carbocycles. The molecule has 2 aliphatic rings. The van der Waals surface area contributed by atoms with Gasteiger partial charge in [0.15, 0.2) is 0 Å². The third kappa shape index (κ3) is 3.28. The summed E-state index contributed by atoms with van der Waals surface area (Å²) in [6.07, 6.45) is 4.02. The summed E-state index contributed by atoms with van der Waals surface area (Å²) < 4.78 is 7.42. The van der Waals surface area contributed by atoms with Crippen molar-refractivity contribution in [2.45, 2.75) is 44.4 Å². The van der Waals surface area contributed by atoms with E-state index in [0.29, 0.717) is 18.2 Å². The zero-order valence-corrected chi connectivity index (χ0v) is 14.4. The van der Waals surface area contributed by atoms with Crippen LogP contribution in [0.3, 0.4) is 0 Å². The van der Waals surface area contributed by atoms with E-state index in [2.05, 4.69) is 44.5 Å². The van der Waals surface area contributed by atoms with Crippen LogP contribution in [-0.4, -0.2) is 49.3 Å².